The van der Waals surface area contributed by atoms with Crippen molar-refractivity contribution in [3.8, 4) is 0 Å². The van der Waals surface area contributed by atoms with E-state index in [0.717, 1.165) is 50.2 Å². The predicted molar refractivity (Wildman–Crippen MR) is 284 cm³/mol. The SMILES string of the molecule is CCNc1nc(Nc2cnn(C3CC(OC(F)F)C3)c2C)ncc1C(F)(F)F.CNc1nc(Nc2cn(C3(c4ncn(C)n4)CC3)nc2C)ncc1C(F)(F)F.CNc1nc(Nc2cnn(C3CCC(n4nccn4)C3)c2C)ncc1C(F)(F)F. The van der Waals surface area contributed by atoms with Crippen molar-refractivity contribution in [2.24, 2.45) is 7.05 Å². The molecule has 3 saturated carbocycles. The second-order valence-electron chi connectivity index (χ2n) is 19.9. The van der Waals surface area contributed by atoms with Crippen molar-refractivity contribution in [1.29, 1.82) is 0 Å². The topological polar surface area (TPSA) is 274 Å². The van der Waals surface area contributed by atoms with E-state index < -0.39 is 47.9 Å². The second-order valence-corrected chi connectivity index (χ2v) is 19.9. The van der Waals surface area contributed by atoms with Gasteiger partial charge in [0, 0.05) is 52.5 Å². The van der Waals surface area contributed by atoms with E-state index in [4.69, 9.17) is 0 Å². The van der Waals surface area contributed by atoms with Gasteiger partial charge in [-0.05, 0) is 72.6 Å². The van der Waals surface area contributed by atoms with Crippen LogP contribution >= 0.6 is 0 Å². The summed E-state index contributed by atoms with van der Waals surface area (Å²) in [5, 5.41) is 42.3. The molecular weight excluding hydrogens is 1150 g/mol. The smallest absolute Gasteiger partial charge is 0.372 e. The summed E-state index contributed by atoms with van der Waals surface area (Å²) in [4.78, 5) is 29.2. The first-order chi connectivity index (χ1) is 40.3. The van der Waals surface area contributed by atoms with Crippen LogP contribution in [0.4, 0.5) is 101 Å². The predicted octanol–water partition coefficient (Wildman–Crippen LogP) is 9.91. The van der Waals surface area contributed by atoms with Gasteiger partial charge in [-0.3, -0.25) is 18.7 Å². The molecule has 36 heteroatoms. The van der Waals surface area contributed by atoms with Gasteiger partial charge in [-0.25, -0.2) is 19.9 Å². The molecule has 0 aliphatic heterocycles. The number of hydrogen-bond acceptors (Lipinski definition) is 20. The maximum absolute atomic E-state index is 13.0. The summed E-state index contributed by atoms with van der Waals surface area (Å²) < 4.78 is 153. The third-order valence-corrected chi connectivity index (χ3v) is 14.2. The summed E-state index contributed by atoms with van der Waals surface area (Å²) >= 11 is 0. The van der Waals surface area contributed by atoms with Crippen molar-refractivity contribution in [3.05, 3.63) is 95.5 Å². The average Bonchev–Trinajstić information content (AvgIpc) is 3.78. The third kappa shape index (κ3) is 13.7. The van der Waals surface area contributed by atoms with E-state index >= 15 is 0 Å². The Morgan fingerprint density at radius 2 is 1.09 bits per heavy atom. The molecule has 0 bridgehead atoms. The lowest BCUT2D eigenvalue weighted by Gasteiger charge is -2.35. The number of alkyl halides is 11. The summed E-state index contributed by atoms with van der Waals surface area (Å²) in [7, 11) is 4.56. The Morgan fingerprint density at radius 1 is 0.612 bits per heavy atom. The van der Waals surface area contributed by atoms with E-state index in [9.17, 15) is 48.3 Å². The third-order valence-electron chi connectivity index (χ3n) is 14.2. The molecule has 0 spiro atoms. The van der Waals surface area contributed by atoms with Crippen LogP contribution in [0.25, 0.3) is 0 Å². The number of aromatic nitrogens is 18. The number of aryl methyl sites for hydroxylation is 2. The zero-order valence-electron chi connectivity index (χ0n) is 46.4. The number of halogens is 11. The molecule has 8 aromatic rings. The molecule has 11 rings (SSSR count). The Kier molecular flexibility index (Phi) is 17.4. The van der Waals surface area contributed by atoms with Crippen LogP contribution in [0.15, 0.2) is 55.9 Å². The van der Waals surface area contributed by atoms with Gasteiger partial charge < -0.3 is 36.6 Å². The molecule has 85 heavy (non-hydrogen) atoms. The summed E-state index contributed by atoms with van der Waals surface area (Å²) in [6.07, 6.45) is 3.24. The molecule has 3 aliphatic carbocycles. The standard InChI is InChI=1S/C17H20F3N9.C16H19F5N6O.C16H18F3N9/c1-10-14(26-16-22-8-13(17(18,19)20)15(21-2)27-16)9-25-28(10)11-3-4-12(7-11)29-23-5-6-24-29;1-3-22-13-11(16(19,20)21)6-23-15(26-13)25-12-7-24-27(8(12)2)9-4-10(5-9)28-14(17)18;1-9-11(23-14-21-6-10(16(17,18)19)12(20-2)24-14)7-28(25-9)15(4-5-15)13-22-8-27(3)26-13/h5-6,8-9,11-12H,3-4,7H2,1-2H3,(H2,21,22,26,27);6-7,9-10,14H,3-5H2,1-2H3,(H2,22,23,25,26);6-8H,4-5H2,1-3H3,(H2,20,21,23,24). The number of rotatable bonds is 17. The molecule has 0 amide bonds. The van der Waals surface area contributed by atoms with E-state index in [-0.39, 0.29) is 65.5 Å². The molecule has 2 unspecified atom stereocenters. The van der Waals surface area contributed by atoms with E-state index in [2.05, 4.69) is 102 Å². The largest absolute Gasteiger partial charge is 0.421 e. The Morgan fingerprint density at radius 3 is 1.55 bits per heavy atom. The first-order valence-electron chi connectivity index (χ1n) is 26.3. The van der Waals surface area contributed by atoms with Crippen LogP contribution in [0.2, 0.25) is 0 Å². The van der Waals surface area contributed by atoms with Gasteiger partial charge in [-0.2, -0.15) is 98.6 Å². The van der Waals surface area contributed by atoms with Crippen molar-refractivity contribution >= 4 is 52.4 Å². The van der Waals surface area contributed by atoms with Crippen LogP contribution < -0.4 is 31.9 Å². The first-order valence-corrected chi connectivity index (χ1v) is 26.3. The number of anilines is 9. The Bertz CT molecular complexity index is 3540. The van der Waals surface area contributed by atoms with Crippen LogP contribution in [0.5, 0.6) is 0 Å². The van der Waals surface area contributed by atoms with Gasteiger partial charge in [0.1, 0.15) is 46.0 Å². The van der Waals surface area contributed by atoms with Crippen molar-refractivity contribution in [2.75, 3.05) is 52.5 Å². The summed E-state index contributed by atoms with van der Waals surface area (Å²) in [5.41, 5.74) is 0.796. The van der Waals surface area contributed by atoms with E-state index in [1.165, 1.54) is 20.3 Å². The Balaban J connectivity index is 0.000000153. The first kappa shape index (κ1) is 60.7. The van der Waals surface area contributed by atoms with Gasteiger partial charge in [0.05, 0.1) is 83.2 Å². The van der Waals surface area contributed by atoms with Crippen LogP contribution in [0.3, 0.4) is 0 Å². The zero-order chi connectivity index (χ0) is 61.2. The fourth-order valence-electron chi connectivity index (χ4n) is 9.62. The number of nitrogens with zero attached hydrogens (tertiary/aromatic N) is 18. The molecule has 456 valence electrons. The van der Waals surface area contributed by atoms with Crippen LogP contribution in [0.1, 0.15) is 110 Å². The Labute approximate surface area is 476 Å². The van der Waals surface area contributed by atoms with Gasteiger partial charge in [-0.15, -0.1) is 0 Å². The van der Waals surface area contributed by atoms with Crippen molar-refractivity contribution in [2.45, 2.75) is 128 Å². The van der Waals surface area contributed by atoms with E-state index in [1.54, 1.807) is 77.8 Å². The van der Waals surface area contributed by atoms with Gasteiger partial charge >= 0.3 is 25.1 Å². The number of nitrogens with one attached hydrogen (secondary N) is 6. The monoisotopic (exact) mass is 1210 g/mol. The maximum Gasteiger partial charge on any atom is 0.421 e. The van der Waals surface area contributed by atoms with Crippen LogP contribution in [-0.2, 0) is 35.9 Å². The molecule has 0 saturated heterocycles. The normalized spacial score (nSPS) is 18.2. The van der Waals surface area contributed by atoms with Crippen LogP contribution in [0, 0.1) is 20.8 Å². The van der Waals surface area contributed by atoms with Crippen molar-refractivity contribution in [1.82, 2.24) is 89.0 Å². The fraction of sp³-hybridized carbons (Fsp3) is 0.490. The molecule has 25 nitrogen and oxygen atoms in total. The molecule has 0 aromatic carbocycles. The molecule has 0 radical (unpaired) electrons. The Hall–Kier alpha value is -8.86. The lowest BCUT2D eigenvalue weighted by molar-refractivity contribution is -0.189. The highest BCUT2D eigenvalue weighted by atomic mass is 19.4. The van der Waals surface area contributed by atoms with Gasteiger partial charge in [0.25, 0.3) is 0 Å². The molecule has 2 atom stereocenters. The lowest BCUT2D eigenvalue weighted by atomic mass is 9.89. The van der Waals surface area contributed by atoms with Gasteiger partial charge in [-0.1, -0.05) is 0 Å². The summed E-state index contributed by atoms with van der Waals surface area (Å²) in [6, 6.07) is 0.347. The number of hydrogen-bond donors (Lipinski definition) is 6. The highest BCUT2D eigenvalue weighted by Crippen LogP contribution is 2.48. The minimum atomic E-state index is -4.57. The van der Waals surface area contributed by atoms with Crippen LogP contribution in [-0.4, -0.2) is 122 Å². The summed E-state index contributed by atoms with van der Waals surface area (Å²) in [5.74, 6) is -0.123. The average molecular weight is 1210 g/mol. The molecule has 8 heterocycles. The fourth-order valence-corrected chi connectivity index (χ4v) is 9.62. The van der Waals surface area contributed by atoms with Crippen molar-refractivity contribution < 1.29 is 53.0 Å². The lowest BCUT2D eigenvalue weighted by Crippen LogP contribution is -2.35. The summed E-state index contributed by atoms with van der Waals surface area (Å²) in [6.45, 7) is 4.57. The quantitative estimate of drug-likeness (QED) is 0.0463. The highest BCUT2D eigenvalue weighted by Gasteiger charge is 2.51. The zero-order valence-corrected chi connectivity index (χ0v) is 46.4. The molecular formula is C49H57F11N24O. The molecule has 6 N–H and O–H groups in total. The molecule has 8 aromatic heterocycles. The minimum Gasteiger partial charge on any atom is -0.372 e. The van der Waals surface area contributed by atoms with E-state index in [0.29, 0.717) is 53.3 Å². The molecule has 3 aliphatic rings. The second kappa shape index (κ2) is 24.4. The minimum absolute atomic E-state index is 0.0147. The molecule has 3 fully saturated rings. The van der Waals surface area contributed by atoms with Gasteiger partial charge in [0.15, 0.2) is 5.82 Å². The number of ether oxygens (including phenoxy) is 1. The highest BCUT2D eigenvalue weighted by molar-refractivity contribution is 5.60. The van der Waals surface area contributed by atoms with Crippen molar-refractivity contribution in [3.63, 3.8) is 0 Å². The maximum atomic E-state index is 13.0. The van der Waals surface area contributed by atoms with Gasteiger partial charge in [0.2, 0.25) is 17.8 Å². The van der Waals surface area contributed by atoms with E-state index in [1.807, 2.05) is 11.6 Å².